The van der Waals surface area contributed by atoms with Gasteiger partial charge in [0.25, 0.3) is 10.0 Å². The van der Waals surface area contributed by atoms with Crippen molar-refractivity contribution < 1.29 is 8.42 Å². The standard InChI is InChI=1S/C11H6Cl4N2O2S/c12-6-1-4-9(16-5-6)17-20(18,19)8-3-2-7(13)10(14)11(8)15/h1-5H,(H,16,17). The van der Waals surface area contributed by atoms with Gasteiger partial charge in [-0.15, -0.1) is 0 Å². The smallest absolute Gasteiger partial charge is 0.263 e. The number of nitrogens with zero attached hydrogens (tertiary/aromatic N) is 1. The Hall–Kier alpha value is -0.720. The van der Waals surface area contributed by atoms with Gasteiger partial charge in [0.2, 0.25) is 0 Å². The zero-order valence-corrected chi connectivity index (χ0v) is 13.4. The van der Waals surface area contributed by atoms with E-state index in [1.807, 2.05) is 0 Å². The van der Waals surface area contributed by atoms with Gasteiger partial charge in [0.15, 0.2) is 0 Å². The van der Waals surface area contributed by atoms with Crippen LogP contribution in [0.25, 0.3) is 0 Å². The van der Waals surface area contributed by atoms with Crippen molar-refractivity contribution >= 4 is 62.2 Å². The van der Waals surface area contributed by atoms with Gasteiger partial charge in [0.1, 0.15) is 10.7 Å². The van der Waals surface area contributed by atoms with Gasteiger partial charge in [0, 0.05) is 6.20 Å². The maximum atomic E-state index is 12.2. The average molecular weight is 372 g/mol. The molecule has 9 heteroatoms. The van der Waals surface area contributed by atoms with E-state index < -0.39 is 10.0 Å². The van der Waals surface area contributed by atoms with Crippen molar-refractivity contribution in [3.8, 4) is 0 Å². The Bertz CT molecular complexity index is 748. The number of pyridine rings is 1. The molecule has 2 aromatic rings. The van der Waals surface area contributed by atoms with Gasteiger partial charge in [-0.3, -0.25) is 4.72 Å². The number of sulfonamides is 1. The molecule has 1 aromatic heterocycles. The van der Waals surface area contributed by atoms with Crippen LogP contribution in [-0.4, -0.2) is 13.4 Å². The van der Waals surface area contributed by atoms with Crippen LogP contribution in [0.2, 0.25) is 20.1 Å². The molecule has 0 radical (unpaired) electrons. The summed E-state index contributed by atoms with van der Waals surface area (Å²) >= 11 is 23.1. The van der Waals surface area contributed by atoms with E-state index in [-0.39, 0.29) is 25.8 Å². The number of aromatic nitrogens is 1. The van der Waals surface area contributed by atoms with Gasteiger partial charge in [-0.25, -0.2) is 13.4 Å². The summed E-state index contributed by atoms with van der Waals surface area (Å²) in [6.45, 7) is 0. The molecule has 0 spiro atoms. The minimum atomic E-state index is -3.93. The average Bonchev–Trinajstić information content (AvgIpc) is 2.38. The van der Waals surface area contributed by atoms with E-state index >= 15 is 0 Å². The Morgan fingerprint density at radius 3 is 2.25 bits per heavy atom. The first-order valence-corrected chi connectivity index (χ1v) is 8.08. The second kappa shape index (κ2) is 5.95. The number of rotatable bonds is 3. The molecule has 1 heterocycles. The van der Waals surface area contributed by atoms with Crippen LogP contribution in [0.3, 0.4) is 0 Å². The van der Waals surface area contributed by atoms with Gasteiger partial charge in [-0.05, 0) is 24.3 Å². The van der Waals surface area contributed by atoms with Crippen LogP contribution in [0.5, 0.6) is 0 Å². The summed E-state index contributed by atoms with van der Waals surface area (Å²) < 4.78 is 26.7. The van der Waals surface area contributed by atoms with Gasteiger partial charge in [-0.1, -0.05) is 46.4 Å². The fraction of sp³-hybridized carbons (Fsp3) is 0. The molecule has 1 N–H and O–H groups in total. The van der Waals surface area contributed by atoms with Gasteiger partial charge < -0.3 is 0 Å². The molecule has 0 bridgehead atoms. The summed E-state index contributed by atoms with van der Waals surface area (Å²) in [5.41, 5.74) is 0. The van der Waals surface area contributed by atoms with Crippen molar-refractivity contribution in [2.75, 3.05) is 4.72 Å². The Kier molecular flexibility index (Phi) is 4.66. The van der Waals surface area contributed by atoms with Crippen LogP contribution < -0.4 is 4.72 Å². The first-order valence-electron chi connectivity index (χ1n) is 5.09. The summed E-state index contributed by atoms with van der Waals surface area (Å²) in [4.78, 5) is 3.64. The molecule has 0 saturated carbocycles. The third kappa shape index (κ3) is 3.30. The molecular weight excluding hydrogens is 366 g/mol. The SMILES string of the molecule is O=S(=O)(Nc1ccc(Cl)cn1)c1ccc(Cl)c(Cl)c1Cl. The van der Waals surface area contributed by atoms with Crippen molar-refractivity contribution in [2.24, 2.45) is 0 Å². The summed E-state index contributed by atoms with van der Waals surface area (Å²) in [6, 6.07) is 5.53. The molecule has 0 fully saturated rings. The van der Waals surface area contributed by atoms with Gasteiger partial charge >= 0.3 is 0 Å². The zero-order chi connectivity index (χ0) is 14.9. The minimum Gasteiger partial charge on any atom is -0.263 e. The van der Waals surface area contributed by atoms with Crippen molar-refractivity contribution in [2.45, 2.75) is 4.90 Å². The molecule has 0 atom stereocenters. The lowest BCUT2D eigenvalue weighted by Gasteiger charge is -2.10. The summed E-state index contributed by atoms with van der Waals surface area (Å²) in [5.74, 6) is 0.108. The first kappa shape index (κ1) is 15.7. The van der Waals surface area contributed by atoms with E-state index in [1.165, 1.54) is 30.5 Å². The largest absolute Gasteiger partial charge is 0.264 e. The number of nitrogens with one attached hydrogen (secondary N) is 1. The fourth-order valence-corrected chi connectivity index (χ4v) is 3.44. The van der Waals surface area contributed by atoms with Crippen LogP contribution in [0, 0.1) is 0 Å². The first-order chi connectivity index (χ1) is 9.31. The summed E-state index contributed by atoms with van der Waals surface area (Å²) in [7, 11) is -3.93. The molecule has 0 aliphatic rings. The van der Waals surface area contributed by atoms with E-state index in [0.717, 1.165) is 0 Å². The van der Waals surface area contributed by atoms with E-state index in [2.05, 4.69) is 9.71 Å². The predicted molar refractivity (Wildman–Crippen MR) is 81.5 cm³/mol. The quantitative estimate of drug-likeness (QED) is 0.808. The maximum Gasteiger partial charge on any atom is 0.264 e. The number of hydrogen-bond donors (Lipinski definition) is 1. The van der Waals surface area contributed by atoms with E-state index in [9.17, 15) is 8.42 Å². The zero-order valence-electron chi connectivity index (χ0n) is 9.57. The number of hydrogen-bond acceptors (Lipinski definition) is 3. The van der Waals surface area contributed by atoms with E-state index in [1.54, 1.807) is 0 Å². The van der Waals surface area contributed by atoms with Crippen LogP contribution >= 0.6 is 46.4 Å². The molecule has 0 unspecified atom stereocenters. The Morgan fingerprint density at radius 2 is 1.65 bits per heavy atom. The van der Waals surface area contributed by atoms with Crippen molar-refractivity contribution in [1.29, 1.82) is 0 Å². The molecule has 0 aliphatic heterocycles. The second-order valence-corrected chi connectivity index (χ2v) is 6.89. The number of benzene rings is 1. The highest BCUT2D eigenvalue weighted by atomic mass is 35.5. The molecule has 106 valence electrons. The Balaban J connectivity index is 2.41. The van der Waals surface area contributed by atoms with Crippen LogP contribution in [0.15, 0.2) is 35.4 Å². The molecule has 20 heavy (non-hydrogen) atoms. The number of anilines is 1. The molecule has 0 amide bonds. The van der Waals surface area contributed by atoms with Crippen molar-refractivity contribution in [3.05, 3.63) is 50.6 Å². The van der Waals surface area contributed by atoms with E-state index in [4.69, 9.17) is 46.4 Å². The van der Waals surface area contributed by atoms with Crippen LogP contribution in [0.4, 0.5) is 5.82 Å². The topological polar surface area (TPSA) is 59.1 Å². The van der Waals surface area contributed by atoms with Gasteiger partial charge in [-0.2, -0.15) is 0 Å². The van der Waals surface area contributed by atoms with Crippen LogP contribution in [0.1, 0.15) is 0 Å². The Labute approximate surface area is 135 Å². The highest BCUT2D eigenvalue weighted by Crippen LogP contribution is 2.35. The molecular formula is C11H6Cl4N2O2S. The highest BCUT2D eigenvalue weighted by Gasteiger charge is 2.21. The summed E-state index contributed by atoms with van der Waals surface area (Å²) in [6.07, 6.45) is 1.32. The number of halogens is 4. The minimum absolute atomic E-state index is 0.0275. The Morgan fingerprint density at radius 1 is 0.950 bits per heavy atom. The molecule has 0 saturated heterocycles. The lowest BCUT2D eigenvalue weighted by Crippen LogP contribution is -2.14. The van der Waals surface area contributed by atoms with E-state index in [0.29, 0.717) is 5.02 Å². The van der Waals surface area contributed by atoms with Crippen molar-refractivity contribution in [3.63, 3.8) is 0 Å². The molecule has 1 aromatic carbocycles. The predicted octanol–water partition coefficient (Wildman–Crippen LogP) is 4.50. The van der Waals surface area contributed by atoms with Gasteiger partial charge in [0.05, 0.1) is 20.1 Å². The fourth-order valence-electron chi connectivity index (χ4n) is 1.34. The van der Waals surface area contributed by atoms with Crippen LogP contribution in [-0.2, 0) is 10.0 Å². The van der Waals surface area contributed by atoms with Crippen molar-refractivity contribution in [1.82, 2.24) is 4.98 Å². The molecule has 0 aliphatic carbocycles. The normalized spacial score (nSPS) is 11.4. The third-order valence-corrected chi connectivity index (χ3v) is 5.28. The lowest BCUT2D eigenvalue weighted by molar-refractivity contribution is 0.601. The lowest BCUT2D eigenvalue weighted by atomic mass is 10.4. The maximum absolute atomic E-state index is 12.2. The third-order valence-electron chi connectivity index (χ3n) is 2.26. The second-order valence-electron chi connectivity index (χ2n) is 3.64. The highest BCUT2D eigenvalue weighted by molar-refractivity contribution is 7.92. The monoisotopic (exact) mass is 370 g/mol. The summed E-state index contributed by atoms with van der Waals surface area (Å²) in [5, 5.41) is 0.377. The molecule has 4 nitrogen and oxygen atoms in total. The molecule has 2 rings (SSSR count).